The largest absolute Gasteiger partial charge is 0.472 e. The highest BCUT2D eigenvalue weighted by Gasteiger charge is 2.30. The number of nitrogens with zero attached hydrogens (tertiary/aromatic N) is 1. The molecule has 0 aliphatic carbocycles. The number of carbonyl (C=O) groups excluding carboxylic acids is 2. The van der Waals surface area contributed by atoms with Gasteiger partial charge in [-0.25, -0.2) is 4.57 Å². The van der Waals surface area contributed by atoms with Gasteiger partial charge in [-0.15, -0.1) is 0 Å². The number of ether oxygens (including phenoxy) is 1. The van der Waals surface area contributed by atoms with E-state index in [1.54, 1.807) is 0 Å². The van der Waals surface area contributed by atoms with Crippen LogP contribution in [0.4, 0.5) is 0 Å². The molecule has 0 heterocycles. The van der Waals surface area contributed by atoms with Gasteiger partial charge in [0, 0.05) is 12.8 Å². The van der Waals surface area contributed by atoms with Gasteiger partial charge >= 0.3 is 13.8 Å². The van der Waals surface area contributed by atoms with Gasteiger partial charge < -0.3 is 19.4 Å². The van der Waals surface area contributed by atoms with Crippen LogP contribution in [0.15, 0.2) is 36.5 Å². The molecule has 1 amide bonds. The van der Waals surface area contributed by atoms with E-state index in [0.717, 1.165) is 51.4 Å². The van der Waals surface area contributed by atoms with Crippen molar-refractivity contribution in [1.29, 1.82) is 0 Å². The summed E-state index contributed by atoms with van der Waals surface area (Å²) in [6.07, 6.45) is 68.9. The number of likely N-dealkylation sites (N-methyl/N-ethyl adjacent to an activating group) is 1. The summed E-state index contributed by atoms with van der Waals surface area (Å²) in [7, 11) is 1.48. The van der Waals surface area contributed by atoms with Crippen molar-refractivity contribution in [2.45, 2.75) is 335 Å². The van der Waals surface area contributed by atoms with Crippen LogP contribution in [0.3, 0.4) is 0 Å². The van der Waals surface area contributed by atoms with E-state index in [1.165, 1.54) is 231 Å². The molecule has 0 fully saturated rings. The van der Waals surface area contributed by atoms with Gasteiger partial charge in [0.15, 0.2) is 0 Å². The van der Waals surface area contributed by atoms with Gasteiger partial charge in [-0.05, 0) is 51.0 Å². The van der Waals surface area contributed by atoms with E-state index in [0.29, 0.717) is 23.9 Å². The molecule has 0 rings (SSSR count). The number of phosphoric acid groups is 1. The van der Waals surface area contributed by atoms with E-state index in [9.17, 15) is 19.0 Å². The zero-order chi connectivity index (χ0) is 55.7. The van der Waals surface area contributed by atoms with E-state index >= 15 is 0 Å². The number of nitrogens with one attached hydrogen (secondary N) is 1. The minimum absolute atomic E-state index is 0.0352. The molecule has 10 heteroatoms. The Morgan fingerprint density at radius 3 is 1.21 bits per heavy atom. The maximum Gasteiger partial charge on any atom is 0.472 e. The first-order chi connectivity index (χ1) is 36.9. The van der Waals surface area contributed by atoms with Crippen molar-refractivity contribution in [3.8, 4) is 0 Å². The predicted molar refractivity (Wildman–Crippen MR) is 328 cm³/mol. The Bertz CT molecular complexity index is 1400. The normalized spacial score (nSPS) is 13.8. The SMILES string of the molecule is CCCCCCCC/C=C\C/C=C/CCC(=O)OC(/C=C\CCCCCCCCCCCC)C(COP(=O)(O)OCC[N+](C)(C)C)NC(=O)CCCCCCCCCCCCCCCCCCCCCCCCCCC. The minimum Gasteiger partial charge on any atom is -0.456 e. The summed E-state index contributed by atoms with van der Waals surface area (Å²) >= 11 is 0. The Hall–Kier alpha value is -1.77. The third-order valence-electron chi connectivity index (χ3n) is 14.8. The fourth-order valence-electron chi connectivity index (χ4n) is 9.76. The second-order valence-electron chi connectivity index (χ2n) is 23.6. The van der Waals surface area contributed by atoms with Crippen LogP contribution in [-0.2, 0) is 27.9 Å². The molecule has 0 aliphatic rings. The molecule has 3 atom stereocenters. The van der Waals surface area contributed by atoms with Crippen LogP contribution in [0.25, 0.3) is 0 Å². The summed E-state index contributed by atoms with van der Waals surface area (Å²) in [6, 6.07) is -0.866. The standard InChI is InChI=1S/C66H127N2O7P/c1-7-10-13-16-19-22-25-28-29-30-31-32-33-34-35-36-37-38-39-41-43-46-49-52-55-58-65(69)67-63(62-74-76(71,72)73-61-60-68(4,5)6)64(57-54-51-48-45-42-27-24-21-18-15-12-9-3)75-66(70)59-56-53-50-47-44-40-26-23-20-17-14-11-8-2/h40,44,50,53-54,57,63-64H,7-39,41-43,45-49,51-52,55-56,58-62H2,1-6H3,(H-,67,69,71,72)/p+1/b44-40-,53-50+,57-54-. The van der Waals surface area contributed by atoms with E-state index in [1.807, 2.05) is 39.4 Å². The summed E-state index contributed by atoms with van der Waals surface area (Å²) in [5.74, 6) is -0.569. The van der Waals surface area contributed by atoms with Gasteiger partial charge in [0.2, 0.25) is 5.91 Å². The van der Waals surface area contributed by atoms with Crippen molar-refractivity contribution in [1.82, 2.24) is 5.32 Å². The quantitative estimate of drug-likeness (QED) is 0.0205. The molecule has 0 aromatic carbocycles. The van der Waals surface area contributed by atoms with Gasteiger partial charge in [0.25, 0.3) is 0 Å². The van der Waals surface area contributed by atoms with Crippen LogP contribution in [0.5, 0.6) is 0 Å². The van der Waals surface area contributed by atoms with Gasteiger partial charge in [-0.1, -0.05) is 295 Å². The Labute approximate surface area is 472 Å². The van der Waals surface area contributed by atoms with Gasteiger partial charge in [-0.2, -0.15) is 0 Å². The monoisotopic (exact) mass is 1090 g/mol. The number of hydrogen-bond acceptors (Lipinski definition) is 6. The number of quaternary nitrogens is 1. The molecule has 448 valence electrons. The van der Waals surface area contributed by atoms with Gasteiger partial charge in [0.05, 0.1) is 33.8 Å². The molecule has 76 heavy (non-hydrogen) atoms. The smallest absolute Gasteiger partial charge is 0.456 e. The molecular weight excluding hydrogens is 964 g/mol. The molecule has 0 saturated heterocycles. The number of allylic oxidation sites excluding steroid dienone is 5. The fourth-order valence-corrected chi connectivity index (χ4v) is 10.5. The molecule has 9 nitrogen and oxygen atoms in total. The van der Waals surface area contributed by atoms with Crippen molar-refractivity contribution in [2.24, 2.45) is 0 Å². The number of esters is 1. The number of unbranched alkanes of at least 4 members (excludes halogenated alkanes) is 40. The molecule has 0 radical (unpaired) electrons. The van der Waals surface area contributed by atoms with Crippen LogP contribution >= 0.6 is 7.82 Å². The van der Waals surface area contributed by atoms with Crippen molar-refractivity contribution < 1.29 is 37.3 Å². The summed E-state index contributed by atoms with van der Waals surface area (Å²) in [6.45, 7) is 7.01. The number of carbonyl (C=O) groups is 2. The first-order valence-corrected chi connectivity index (χ1v) is 34.3. The Balaban J connectivity index is 5.07. The van der Waals surface area contributed by atoms with Crippen LogP contribution < -0.4 is 5.32 Å². The summed E-state index contributed by atoms with van der Waals surface area (Å²) in [4.78, 5) is 37.7. The molecule has 0 bridgehead atoms. The lowest BCUT2D eigenvalue weighted by molar-refractivity contribution is -0.870. The topological polar surface area (TPSA) is 111 Å². The maximum absolute atomic E-state index is 13.6. The van der Waals surface area contributed by atoms with Gasteiger partial charge in [0.1, 0.15) is 19.3 Å². The third kappa shape index (κ3) is 56.9. The van der Waals surface area contributed by atoms with E-state index in [4.69, 9.17) is 13.8 Å². The summed E-state index contributed by atoms with van der Waals surface area (Å²) in [5.41, 5.74) is 0. The second kappa shape index (κ2) is 56.5. The fraction of sp³-hybridized carbons (Fsp3) is 0.879. The summed E-state index contributed by atoms with van der Waals surface area (Å²) < 4.78 is 30.6. The lowest BCUT2D eigenvalue weighted by Crippen LogP contribution is -2.47. The van der Waals surface area contributed by atoms with E-state index < -0.39 is 20.0 Å². The summed E-state index contributed by atoms with van der Waals surface area (Å²) in [5, 5.41) is 3.05. The highest BCUT2D eigenvalue weighted by Crippen LogP contribution is 2.43. The zero-order valence-corrected chi connectivity index (χ0v) is 52.2. The lowest BCUT2D eigenvalue weighted by Gasteiger charge is -2.27. The molecule has 3 unspecified atom stereocenters. The average Bonchev–Trinajstić information content (AvgIpc) is 3.38. The van der Waals surface area contributed by atoms with Crippen LogP contribution in [0.2, 0.25) is 0 Å². The Kier molecular flexibility index (Phi) is 55.2. The van der Waals surface area contributed by atoms with Crippen LogP contribution in [0, 0.1) is 0 Å². The number of amides is 1. The minimum atomic E-state index is -4.45. The molecule has 0 aromatic heterocycles. The molecule has 0 spiro atoms. The first kappa shape index (κ1) is 74.2. The van der Waals surface area contributed by atoms with E-state index in [-0.39, 0.29) is 31.5 Å². The lowest BCUT2D eigenvalue weighted by atomic mass is 10.0. The van der Waals surface area contributed by atoms with Crippen molar-refractivity contribution in [3.63, 3.8) is 0 Å². The van der Waals surface area contributed by atoms with Crippen molar-refractivity contribution in [3.05, 3.63) is 36.5 Å². The highest BCUT2D eigenvalue weighted by atomic mass is 31.2. The number of phosphoric ester groups is 1. The molecular formula is C66H128N2O7P+. The molecule has 0 aromatic rings. The van der Waals surface area contributed by atoms with Gasteiger partial charge in [-0.3, -0.25) is 18.6 Å². The Morgan fingerprint density at radius 1 is 0.461 bits per heavy atom. The highest BCUT2D eigenvalue weighted by molar-refractivity contribution is 7.47. The first-order valence-electron chi connectivity index (χ1n) is 32.8. The van der Waals surface area contributed by atoms with Crippen molar-refractivity contribution >= 4 is 19.7 Å². The zero-order valence-electron chi connectivity index (χ0n) is 51.3. The maximum atomic E-state index is 13.6. The van der Waals surface area contributed by atoms with Crippen LogP contribution in [0.1, 0.15) is 323 Å². The number of rotatable bonds is 60. The molecule has 0 saturated carbocycles. The van der Waals surface area contributed by atoms with Crippen LogP contribution in [-0.4, -0.2) is 74.3 Å². The van der Waals surface area contributed by atoms with E-state index in [2.05, 4.69) is 44.3 Å². The molecule has 2 N–H and O–H groups in total. The molecule has 0 aliphatic heterocycles. The Morgan fingerprint density at radius 2 is 0.816 bits per heavy atom. The predicted octanol–water partition coefficient (Wildman–Crippen LogP) is 20.3. The average molecular weight is 1090 g/mol. The second-order valence-corrected chi connectivity index (χ2v) is 25.1. The third-order valence-corrected chi connectivity index (χ3v) is 15.8. The number of hydrogen-bond donors (Lipinski definition) is 2. The van der Waals surface area contributed by atoms with Crippen molar-refractivity contribution in [2.75, 3.05) is 40.9 Å².